The summed E-state index contributed by atoms with van der Waals surface area (Å²) >= 11 is 0. The molecule has 2 atom stereocenters. The zero-order valence-electron chi connectivity index (χ0n) is 19.1. The van der Waals surface area contributed by atoms with Gasteiger partial charge in [-0.1, -0.05) is 29.8 Å². The fraction of sp³-hybridized carbons (Fsp3) is 0.458. The quantitative estimate of drug-likeness (QED) is 0.348. The molecule has 0 radical (unpaired) electrons. The van der Waals surface area contributed by atoms with Crippen LogP contribution in [0.5, 0.6) is 0 Å². The highest BCUT2D eigenvalue weighted by Gasteiger charge is 2.46. The van der Waals surface area contributed by atoms with E-state index < -0.39 is 24.4 Å². The summed E-state index contributed by atoms with van der Waals surface area (Å²) in [4.78, 5) is 61.9. The van der Waals surface area contributed by atoms with Crippen molar-refractivity contribution in [2.24, 2.45) is 11.8 Å². The van der Waals surface area contributed by atoms with Crippen molar-refractivity contribution in [1.82, 2.24) is 10.2 Å². The lowest BCUT2D eigenvalue weighted by atomic mass is 9.85. The molecule has 1 aliphatic heterocycles. The molecule has 33 heavy (non-hydrogen) atoms. The Morgan fingerprint density at radius 3 is 2.12 bits per heavy atom. The normalized spacial score (nSPS) is 19.3. The molecule has 176 valence electrons. The van der Waals surface area contributed by atoms with Gasteiger partial charge in [0.05, 0.1) is 24.8 Å². The maximum atomic E-state index is 12.4. The Hall–Kier alpha value is -3.49. The number of esters is 1. The Kier molecular flexibility index (Phi) is 7.63. The number of imide groups is 1. The van der Waals surface area contributed by atoms with E-state index in [1.54, 1.807) is 0 Å². The molecule has 1 heterocycles. The molecule has 0 bridgehead atoms. The molecule has 1 fully saturated rings. The second-order valence-electron chi connectivity index (χ2n) is 8.49. The molecule has 1 aromatic carbocycles. The summed E-state index contributed by atoms with van der Waals surface area (Å²) in [6.07, 6.45) is 4.67. The van der Waals surface area contributed by atoms with Gasteiger partial charge >= 0.3 is 5.97 Å². The predicted octanol–water partition coefficient (Wildman–Crippen LogP) is 1.55. The van der Waals surface area contributed by atoms with Crippen LogP contribution >= 0.6 is 0 Å². The molecular weight excluding hydrogens is 426 g/mol. The fourth-order valence-electron chi connectivity index (χ4n) is 4.30. The van der Waals surface area contributed by atoms with E-state index in [1.807, 2.05) is 45.1 Å². The summed E-state index contributed by atoms with van der Waals surface area (Å²) in [5.41, 5.74) is 3.64. The van der Waals surface area contributed by atoms with E-state index in [4.69, 9.17) is 4.74 Å². The Balaban J connectivity index is 1.37. The van der Waals surface area contributed by atoms with Gasteiger partial charge in [-0.15, -0.1) is 0 Å². The van der Waals surface area contributed by atoms with E-state index in [9.17, 15) is 24.0 Å². The van der Waals surface area contributed by atoms with Crippen molar-refractivity contribution in [2.45, 2.75) is 40.0 Å². The molecule has 0 unspecified atom stereocenters. The zero-order chi connectivity index (χ0) is 24.1. The highest BCUT2D eigenvalue weighted by Crippen LogP contribution is 2.35. The van der Waals surface area contributed by atoms with Gasteiger partial charge in [-0.05, 0) is 44.7 Å². The molecule has 0 saturated carbocycles. The molecule has 1 saturated heterocycles. The van der Waals surface area contributed by atoms with Crippen LogP contribution in [0.3, 0.4) is 0 Å². The van der Waals surface area contributed by atoms with Crippen molar-refractivity contribution in [2.75, 3.05) is 25.0 Å². The monoisotopic (exact) mass is 455 g/mol. The Morgan fingerprint density at radius 2 is 1.55 bits per heavy atom. The molecule has 9 nitrogen and oxygen atoms in total. The number of nitrogens with zero attached hydrogens (tertiary/aromatic N) is 1. The largest absolute Gasteiger partial charge is 0.456 e. The van der Waals surface area contributed by atoms with E-state index in [0.29, 0.717) is 18.5 Å². The van der Waals surface area contributed by atoms with Gasteiger partial charge < -0.3 is 15.4 Å². The van der Waals surface area contributed by atoms with E-state index >= 15 is 0 Å². The van der Waals surface area contributed by atoms with E-state index in [0.717, 1.165) is 21.6 Å². The minimum atomic E-state index is -0.700. The third kappa shape index (κ3) is 5.85. The number of carbonyl (C=O) groups excluding carboxylic acids is 5. The molecule has 0 aromatic heterocycles. The Morgan fingerprint density at radius 1 is 0.970 bits per heavy atom. The predicted molar refractivity (Wildman–Crippen MR) is 120 cm³/mol. The average Bonchev–Trinajstić information content (AvgIpc) is 3.02. The molecular formula is C24H29N3O6. The highest BCUT2D eigenvalue weighted by molar-refractivity contribution is 6.05. The summed E-state index contributed by atoms with van der Waals surface area (Å²) < 4.78 is 4.91. The third-order valence-electron chi connectivity index (χ3n) is 5.89. The van der Waals surface area contributed by atoms with Crippen LogP contribution in [0.15, 0.2) is 24.3 Å². The van der Waals surface area contributed by atoms with Crippen LogP contribution in [0.4, 0.5) is 5.69 Å². The molecule has 1 aromatic rings. The van der Waals surface area contributed by atoms with Crippen LogP contribution in [0.1, 0.15) is 36.0 Å². The molecule has 2 N–H and O–H groups in total. The van der Waals surface area contributed by atoms with E-state index in [2.05, 4.69) is 10.6 Å². The number of hydrogen-bond donors (Lipinski definition) is 2. The average molecular weight is 456 g/mol. The molecule has 0 spiro atoms. The molecule has 3 rings (SSSR count). The smallest absolute Gasteiger partial charge is 0.308 e. The number of amides is 4. The van der Waals surface area contributed by atoms with Gasteiger partial charge in [0.25, 0.3) is 5.91 Å². The van der Waals surface area contributed by atoms with Crippen molar-refractivity contribution in [3.05, 3.63) is 41.0 Å². The van der Waals surface area contributed by atoms with Crippen molar-refractivity contribution in [3.63, 3.8) is 0 Å². The summed E-state index contributed by atoms with van der Waals surface area (Å²) in [5, 5.41) is 5.17. The number of fused-ring (bicyclic) bond motifs is 1. The lowest BCUT2D eigenvalue weighted by molar-refractivity contribution is -0.149. The molecule has 9 heteroatoms. The van der Waals surface area contributed by atoms with Crippen molar-refractivity contribution >= 4 is 35.3 Å². The molecule has 2 aliphatic rings. The van der Waals surface area contributed by atoms with Gasteiger partial charge in [-0.25, -0.2) is 0 Å². The van der Waals surface area contributed by atoms with Crippen LogP contribution < -0.4 is 10.6 Å². The lowest BCUT2D eigenvalue weighted by Crippen LogP contribution is -2.36. The number of likely N-dealkylation sites (tertiary alicyclic amines) is 1. The number of allylic oxidation sites excluding steroid dienone is 2. The standard InChI is InChI=1S/C24H29N3O6/c1-14-10-15(2)22(16(3)11-14)26-19(28)12-25-20(29)13-33-21(30)8-9-27-23(31)17-6-4-5-7-18(17)24(27)32/h4-5,10-11,17-18H,6-9,12-13H2,1-3H3,(H,25,29)(H,26,28)/t17-,18-/m0/s1. The maximum absolute atomic E-state index is 12.4. The van der Waals surface area contributed by atoms with Crippen LogP contribution in [0.25, 0.3) is 0 Å². The number of carbonyl (C=O) groups is 5. The molecule has 4 amide bonds. The minimum Gasteiger partial charge on any atom is -0.456 e. The summed E-state index contributed by atoms with van der Waals surface area (Å²) in [6, 6.07) is 3.91. The highest BCUT2D eigenvalue weighted by atomic mass is 16.5. The third-order valence-corrected chi connectivity index (χ3v) is 5.89. The lowest BCUT2D eigenvalue weighted by Gasteiger charge is -2.14. The second-order valence-corrected chi connectivity index (χ2v) is 8.49. The number of anilines is 1. The summed E-state index contributed by atoms with van der Waals surface area (Å²) in [7, 11) is 0. The van der Waals surface area contributed by atoms with Crippen molar-refractivity contribution in [3.8, 4) is 0 Å². The number of ether oxygens (including phenoxy) is 1. The van der Waals surface area contributed by atoms with Gasteiger partial charge in [-0.2, -0.15) is 0 Å². The SMILES string of the molecule is Cc1cc(C)c(NC(=O)CNC(=O)COC(=O)CCN2C(=O)[C@H]3CC=CC[C@@H]3C2=O)c(C)c1. The van der Waals surface area contributed by atoms with E-state index in [-0.39, 0.29) is 43.2 Å². The van der Waals surface area contributed by atoms with Crippen LogP contribution in [-0.4, -0.2) is 54.2 Å². The molecule has 1 aliphatic carbocycles. The van der Waals surface area contributed by atoms with Crippen LogP contribution in [-0.2, 0) is 28.7 Å². The topological polar surface area (TPSA) is 122 Å². The van der Waals surface area contributed by atoms with Gasteiger partial charge in [0.15, 0.2) is 6.61 Å². The zero-order valence-corrected chi connectivity index (χ0v) is 19.1. The first kappa shape index (κ1) is 24.2. The summed E-state index contributed by atoms with van der Waals surface area (Å²) in [6.45, 7) is 4.87. The fourth-order valence-corrected chi connectivity index (χ4v) is 4.30. The first-order valence-corrected chi connectivity index (χ1v) is 11.0. The first-order valence-electron chi connectivity index (χ1n) is 11.0. The first-order chi connectivity index (χ1) is 15.7. The Labute approximate surface area is 192 Å². The van der Waals surface area contributed by atoms with Crippen molar-refractivity contribution < 1.29 is 28.7 Å². The van der Waals surface area contributed by atoms with Gasteiger partial charge in [0.1, 0.15) is 0 Å². The maximum Gasteiger partial charge on any atom is 0.308 e. The van der Waals surface area contributed by atoms with Crippen LogP contribution in [0.2, 0.25) is 0 Å². The number of benzene rings is 1. The Bertz CT molecular complexity index is 966. The van der Waals surface area contributed by atoms with E-state index in [1.165, 1.54) is 0 Å². The van der Waals surface area contributed by atoms with Crippen molar-refractivity contribution in [1.29, 1.82) is 0 Å². The van der Waals surface area contributed by atoms with Crippen LogP contribution in [0, 0.1) is 32.6 Å². The number of hydrogen-bond acceptors (Lipinski definition) is 6. The van der Waals surface area contributed by atoms with Gasteiger partial charge in [-0.3, -0.25) is 28.9 Å². The van der Waals surface area contributed by atoms with Gasteiger partial charge in [0, 0.05) is 12.2 Å². The second kappa shape index (κ2) is 10.4. The summed E-state index contributed by atoms with van der Waals surface area (Å²) in [5.74, 6) is -2.93. The number of aryl methyl sites for hydroxylation is 3. The minimum absolute atomic E-state index is 0.0667. The van der Waals surface area contributed by atoms with Gasteiger partial charge in [0.2, 0.25) is 17.7 Å². The number of nitrogens with one attached hydrogen (secondary N) is 2. The number of rotatable bonds is 8.